The van der Waals surface area contributed by atoms with E-state index in [4.69, 9.17) is 4.74 Å². The average Bonchev–Trinajstić information content (AvgIpc) is 3.18. The Morgan fingerprint density at radius 1 is 0.862 bits per heavy atom. The second kappa shape index (κ2) is 7.97. The van der Waals surface area contributed by atoms with E-state index in [1.54, 1.807) is 0 Å². The minimum Gasteiger partial charge on any atom is -0.455 e. The molecule has 1 fully saturated rings. The number of ether oxygens (including phenoxy) is 1. The van der Waals surface area contributed by atoms with Gasteiger partial charge >= 0.3 is 0 Å². The number of aromatic amines is 1. The molecule has 0 aliphatic carbocycles. The van der Waals surface area contributed by atoms with Gasteiger partial charge in [0, 0.05) is 50.5 Å². The third-order valence-corrected chi connectivity index (χ3v) is 5.48. The second-order valence-corrected chi connectivity index (χ2v) is 7.36. The Kier molecular flexibility index (Phi) is 4.88. The maximum atomic E-state index is 6.16. The number of nitrogens with one attached hydrogen (secondary N) is 1. The Labute approximate surface area is 170 Å². The van der Waals surface area contributed by atoms with Gasteiger partial charge in [-0.25, -0.2) is 4.98 Å². The molecule has 146 valence electrons. The van der Waals surface area contributed by atoms with E-state index in [1.165, 1.54) is 10.9 Å². The van der Waals surface area contributed by atoms with Crippen molar-refractivity contribution >= 4 is 16.7 Å². The van der Waals surface area contributed by atoms with Crippen LogP contribution in [-0.2, 0) is 6.54 Å². The lowest BCUT2D eigenvalue weighted by atomic mass is 10.2. The number of rotatable bonds is 5. The van der Waals surface area contributed by atoms with E-state index >= 15 is 0 Å². The quantitative estimate of drug-likeness (QED) is 0.543. The Balaban J connectivity index is 1.26. The summed E-state index contributed by atoms with van der Waals surface area (Å²) in [5.74, 6) is 1.78. The van der Waals surface area contributed by atoms with Crippen LogP contribution < -0.4 is 9.64 Å². The first-order valence-electron chi connectivity index (χ1n) is 10.1. The van der Waals surface area contributed by atoms with Crippen molar-refractivity contribution in [1.29, 1.82) is 0 Å². The van der Waals surface area contributed by atoms with Gasteiger partial charge in [0.05, 0.1) is 5.69 Å². The van der Waals surface area contributed by atoms with Gasteiger partial charge in [0.25, 0.3) is 0 Å². The number of pyridine rings is 1. The summed E-state index contributed by atoms with van der Waals surface area (Å²) < 4.78 is 6.16. The fourth-order valence-corrected chi connectivity index (χ4v) is 3.95. The van der Waals surface area contributed by atoms with Gasteiger partial charge in [-0.05, 0) is 42.0 Å². The molecule has 0 saturated carbocycles. The van der Waals surface area contributed by atoms with Crippen LogP contribution in [0.2, 0.25) is 0 Å². The molecular weight excluding hydrogens is 360 g/mol. The van der Waals surface area contributed by atoms with Gasteiger partial charge < -0.3 is 14.6 Å². The molecular formula is C24H24N4O. The van der Waals surface area contributed by atoms with Gasteiger partial charge in [-0.3, -0.25) is 4.90 Å². The highest BCUT2D eigenvalue weighted by molar-refractivity contribution is 5.79. The molecule has 0 bridgehead atoms. The molecule has 2 aromatic heterocycles. The van der Waals surface area contributed by atoms with Crippen molar-refractivity contribution in [3.8, 4) is 11.5 Å². The fourth-order valence-electron chi connectivity index (χ4n) is 3.95. The molecule has 0 atom stereocenters. The van der Waals surface area contributed by atoms with Gasteiger partial charge in [-0.2, -0.15) is 0 Å². The van der Waals surface area contributed by atoms with Crippen molar-refractivity contribution in [3.63, 3.8) is 0 Å². The monoisotopic (exact) mass is 384 g/mol. The minimum atomic E-state index is 0.867. The highest BCUT2D eigenvalue weighted by Crippen LogP contribution is 2.32. The molecule has 0 spiro atoms. The SMILES string of the molecule is c1ccc(Oc2ccccc2N2CCN(Cc3c[nH]c4ncccc34)CC2)cc1. The van der Waals surface area contributed by atoms with Crippen LogP contribution in [0, 0.1) is 0 Å². The largest absolute Gasteiger partial charge is 0.455 e. The molecule has 0 unspecified atom stereocenters. The molecule has 1 saturated heterocycles. The van der Waals surface area contributed by atoms with E-state index in [0.29, 0.717) is 0 Å². The van der Waals surface area contributed by atoms with Crippen LogP contribution in [0.4, 0.5) is 5.69 Å². The molecule has 5 heteroatoms. The molecule has 1 aliphatic rings. The number of para-hydroxylation sites is 3. The van der Waals surface area contributed by atoms with Crippen molar-refractivity contribution in [1.82, 2.24) is 14.9 Å². The number of H-pyrrole nitrogens is 1. The van der Waals surface area contributed by atoms with Crippen LogP contribution in [0.5, 0.6) is 11.5 Å². The summed E-state index contributed by atoms with van der Waals surface area (Å²) in [6, 6.07) is 22.4. The third-order valence-electron chi connectivity index (χ3n) is 5.48. The smallest absolute Gasteiger partial charge is 0.150 e. The van der Waals surface area contributed by atoms with Crippen LogP contribution in [0.3, 0.4) is 0 Å². The molecule has 4 aromatic rings. The fraction of sp³-hybridized carbons (Fsp3) is 0.208. The van der Waals surface area contributed by atoms with E-state index in [2.05, 4.69) is 44.2 Å². The van der Waals surface area contributed by atoms with Crippen molar-refractivity contribution < 1.29 is 4.74 Å². The normalized spacial score (nSPS) is 15.0. The summed E-state index contributed by atoms with van der Waals surface area (Å²) in [4.78, 5) is 12.6. The summed E-state index contributed by atoms with van der Waals surface area (Å²) in [6.07, 6.45) is 3.92. The predicted octanol–water partition coefficient (Wildman–Crippen LogP) is 4.68. The van der Waals surface area contributed by atoms with Gasteiger partial charge in [0.15, 0.2) is 5.75 Å². The number of anilines is 1. The maximum Gasteiger partial charge on any atom is 0.150 e. The van der Waals surface area contributed by atoms with Crippen LogP contribution >= 0.6 is 0 Å². The van der Waals surface area contributed by atoms with E-state index in [1.807, 2.05) is 54.7 Å². The number of aromatic nitrogens is 2. The van der Waals surface area contributed by atoms with Crippen molar-refractivity contribution in [2.75, 3.05) is 31.1 Å². The Hall–Kier alpha value is -3.31. The highest BCUT2D eigenvalue weighted by atomic mass is 16.5. The van der Waals surface area contributed by atoms with E-state index in [-0.39, 0.29) is 0 Å². The number of benzene rings is 2. The molecule has 2 aromatic carbocycles. The summed E-state index contributed by atoms with van der Waals surface area (Å²) in [5, 5.41) is 1.22. The molecule has 1 aliphatic heterocycles. The molecule has 5 nitrogen and oxygen atoms in total. The van der Waals surface area contributed by atoms with Crippen LogP contribution in [0.15, 0.2) is 79.1 Å². The third kappa shape index (κ3) is 3.82. The second-order valence-electron chi connectivity index (χ2n) is 7.36. The zero-order chi connectivity index (χ0) is 19.5. The van der Waals surface area contributed by atoms with Crippen LogP contribution in [0.1, 0.15) is 5.56 Å². The lowest BCUT2D eigenvalue weighted by Crippen LogP contribution is -2.46. The van der Waals surface area contributed by atoms with Crippen molar-refractivity contribution in [2.45, 2.75) is 6.54 Å². The van der Waals surface area contributed by atoms with Gasteiger partial charge in [-0.1, -0.05) is 30.3 Å². The molecule has 0 radical (unpaired) electrons. The Bertz CT molecular complexity index is 1080. The molecule has 29 heavy (non-hydrogen) atoms. The lowest BCUT2D eigenvalue weighted by Gasteiger charge is -2.36. The van der Waals surface area contributed by atoms with Crippen molar-refractivity contribution in [2.24, 2.45) is 0 Å². The van der Waals surface area contributed by atoms with E-state index in [0.717, 1.165) is 55.6 Å². The first-order chi connectivity index (χ1) is 14.4. The standard InChI is InChI=1S/C24H24N4O/c1-2-7-20(8-3-1)29-23-11-5-4-10-22(23)28-15-13-27(14-16-28)18-19-17-26-24-21(19)9-6-12-25-24/h1-12,17H,13-16,18H2,(H,25,26). The first-order valence-corrected chi connectivity index (χ1v) is 10.1. The molecule has 5 rings (SSSR count). The summed E-state index contributed by atoms with van der Waals surface area (Å²) in [6.45, 7) is 4.95. The summed E-state index contributed by atoms with van der Waals surface area (Å²) in [7, 11) is 0. The summed E-state index contributed by atoms with van der Waals surface area (Å²) >= 11 is 0. The Morgan fingerprint density at radius 2 is 1.66 bits per heavy atom. The van der Waals surface area contributed by atoms with Crippen LogP contribution in [-0.4, -0.2) is 41.0 Å². The maximum absolute atomic E-state index is 6.16. The van der Waals surface area contributed by atoms with Gasteiger partial charge in [0.1, 0.15) is 11.4 Å². The Morgan fingerprint density at radius 3 is 2.52 bits per heavy atom. The topological polar surface area (TPSA) is 44.4 Å². The number of fused-ring (bicyclic) bond motifs is 1. The van der Waals surface area contributed by atoms with Crippen LogP contribution in [0.25, 0.3) is 11.0 Å². The van der Waals surface area contributed by atoms with E-state index in [9.17, 15) is 0 Å². The van der Waals surface area contributed by atoms with Gasteiger partial charge in [-0.15, -0.1) is 0 Å². The number of nitrogens with zero attached hydrogens (tertiary/aromatic N) is 3. The number of hydrogen-bond donors (Lipinski definition) is 1. The summed E-state index contributed by atoms with van der Waals surface area (Å²) in [5.41, 5.74) is 3.44. The molecule has 0 amide bonds. The minimum absolute atomic E-state index is 0.867. The lowest BCUT2D eigenvalue weighted by molar-refractivity contribution is 0.250. The predicted molar refractivity (Wildman–Crippen MR) is 117 cm³/mol. The first kappa shape index (κ1) is 17.8. The number of hydrogen-bond acceptors (Lipinski definition) is 4. The zero-order valence-electron chi connectivity index (χ0n) is 16.3. The van der Waals surface area contributed by atoms with Crippen molar-refractivity contribution in [3.05, 3.63) is 84.7 Å². The van der Waals surface area contributed by atoms with Gasteiger partial charge in [0.2, 0.25) is 0 Å². The molecule has 1 N–H and O–H groups in total. The zero-order valence-corrected chi connectivity index (χ0v) is 16.3. The average molecular weight is 384 g/mol. The number of piperazine rings is 1. The highest BCUT2D eigenvalue weighted by Gasteiger charge is 2.20. The molecule has 3 heterocycles. The van der Waals surface area contributed by atoms with E-state index < -0.39 is 0 Å².